The molecule has 7 heteroatoms. The third kappa shape index (κ3) is 2.40. The van der Waals surface area contributed by atoms with Crippen LogP contribution in [0.3, 0.4) is 0 Å². The second kappa shape index (κ2) is 3.97. The summed E-state index contributed by atoms with van der Waals surface area (Å²) in [5.74, 6) is -0.433. The Balaban J connectivity index is 2.63. The molecule has 1 fully saturated rings. The number of amides is 1. The van der Waals surface area contributed by atoms with Crippen LogP contribution in [0.2, 0.25) is 0 Å². The zero-order valence-electron chi connectivity index (χ0n) is 8.26. The number of hydrogen-bond donors (Lipinski definition) is 2. The molecule has 1 amide bonds. The molecule has 1 aliphatic heterocycles. The lowest BCUT2D eigenvalue weighted by atomic mass is 10.0. The van der Waals surface area contributed by atoms with Crippen molar-refractivity contribution in [2.24, 2.45) is 0 Å². The third-order valence-corrected chi connectivity index (χ3v) is 2.46. The standard InChI is InChI=1S/C8H13F3N2O2/c1-12-4-6(14)13-3-2-7(15,5-13)8(9,10)11/h12,15H,2-5H2,1H3. The van der Waals surface area contributed by atoms with Gasteiger partial charge >= 0.3 is 6.18 Å². The summed E-state index contributed by atoms with van der Waals surface area (Å²) in [6.07, 6.45) is -5.13. The summed E-state index contributed by atoms with van der Waals surface area (Å²) in [6.45, 7) is -0.749. The summed E-state index contributed by atoms with van der Waals surface area (Å²) in [5.41, 5.74) is -2.74. The predicted molar refractivity (Wildman–Crippen MR) is 46.1 cm³/mol. The number of β-amino-alcohol motifs (C(OH)–C–C–N with tert-alkyl or cyclic N) is 1. The quantitative estimate of drug-likeness (QED) is 0.681. The third-order valence-electron chi connectivity index (χ3n) is 2.46. The van der Waals surface area contributed by atoms with E-state index in [9.17, 15) is 23.1 Å². The van der Waals surface area contributed by atoms with Gasteiger partial charge in [0.05, 0.1) is 13.1 Å². The molecule has 0 bridgehead atoms. The normalized spacial score (nSPS) is 27.1. The fraction of sp³-hybridized carbons (Fsp3) is 0.875. The van der Waals surface area contributed by atoms with E-state index in [2.05, 4.69) is 5.32 Å². The smallest absolute Gasteiger partial charge is 0.379 e. The van der Waals surface area contributed by atoms with Crippen molar-refractivity contribution in [3.05, 3.63) is 0 Å². The molecular weight excluding hydrogens is 213 g/mol. The van der Waals surface area contributed by atoms with Crippen LogP contribution in [-0.2, 0) is 4.79 Å². The maximum Gasteiger partial charge on any atom is 0.419 e. The van der Waals surface area contributed by atoms with Crippen molar-refractivity contribution >= 4 is 5.91 Å². The van der Waals surface area contributed by atoms with Crippen LogP contribution in [0.25, 0.3) is 0 Å². The average molecular weight is 226 g/mol. The molecule has 4 nitrogen and oxygen atoms in total. The zero-order chi connectivity index (χ0) is 11.7. The van der Waals surface area contributed by atoms with E-state index in [4.69, 9.17) is 0 Å². The maximum absolute atomic E-state index is 12.4. The molecule has 0 spiro atoms. The monoisotopic (exact) mass is 226 g/mol. The summed E-state index contributed by atoms with van der Waals surface area (Å²) >= 11 is 0. The molecule has 1 rings (SSSR count). The molecule has 1 saturated heterocycles. The maximum atomic E-state index is 12.4. The number of carbonyl (C=O) groups is 1. The van der Waals surface area contributed by atoms with Gasteiger partial charge in [0.2, 0.25) is 5.91 Å². The number of aliphatic hydroxyl groups is 1. The van der Waals surface area contributed by atoms with Crippen LogP contribution < -0.4 is 5.32 Å². The van der Waals surface area contributed by atoms with Gasteiger partial charge in [-0.1, -0.05) is 0 Å². The minimum Gasteiger partial charge on any atom is -0.379 e. The molecular formula is C8H13F3N2O2. The number of nitrogens with zero attached hydrogens (tertiary/aromatic N) is 1. The first-order valence-electron chi connectivity index (χ1n) is 4.51. The molecule has 1 atom stereocenters. The molecule has 0 aromatic rings. The average Bonchev–Trinajstić information content (AvgIpc) is 2.48. The van der Waals surface area contributed by atoms with Crippen LogP contribution in [0.5, 0.6) is 0 Å². The highest BCUT2D eigenvalue weighted by Crippen LogP contribution is 2.37. The zero-order valence-corrected chi connectivity index (χ0v) is 8.26. The fourth-order valence-electron chi connectivity index (χ4n) is 1.50. The first-order chi connectivity index (χ1) is 6.80. The van der Waals surface area contributed by atoms with Gasteiger partial charge < -0.3 is 15.3 Å². The molecule has 1 heterocycles. The van der Waals surface area contributed by atoms with Crippen molar-refractivity contribution in [3.63, 3.8) is 0 Å². The SMILES string of the molecule is CNCC(=O)N1CCC(O)(C(F)(F)F)C1. The van der Waals surface area contributed by atoms with E-state index >= 15 is 0 Å². The van der Waals surface area contributed by atoms with Gasteiger partial charge in [0.25, 0.3) is 0 Å². The molecule has 0 aromatic heterocycles. The first-order valence-corrected chi connectivity index (χ1v) is 4.51. The van der Waals surface area contributed by atoms with E-state index in [1.807, 2.05) is 0 Å². The number of nitrogens with one attached hydrogen (secondary N) is 1. The van der Waals surface area contributed by atoms with E-state index in [1.54, 1.807) is 0 Å². The van der Waals surface area contributed by atoms with Crippen LogP contribution in [0.4, 0.5) is 13.2 Å². The van der Waals surface area contributed by atoms with Gasteiger partial charge in [0.1, 0.15) is 0 Å². The van der Waals surface area contributed by atoms with Crippen molar-refractivity contribution in [1.82, 2.24) is 10.2 Å². The number of alkyl halides is 3. The number of likely N-dealkylation sites (N-methyl/N-ethyl adjacent to an activating group) is 1. The molecule has 0 saturated carbocycles. The van der Waals surface area contributed by atoms with Crippen molar-refractivity contribution in [3.8, 4) is 0 Å². The van der Waals surface area contributed by atoms with Gasteiger partial charge in [-0.2, -0.15) is 13.2 Å². The topological polar surface area (TPSA) is 52.6 Å². The summed E-state index contributed by atoms with van der Waals surface area (Å²) in [4.78, 5) is 12.3. The highest BCUT2D eigenvalue weighted by molar-refractivity contribution is 5.78. The second-order valence-corrected chi connectivity index (χ2v) is 3.62. The summed E-state index contributed by atoms with van der Waals surface area (Å²) in [7, 11) is 1.53. The Labute approximate surface area is 85.1 Å². The molecule has 88 valence electrons. The molecule has 0 radical (unpaired) electrons. The van der Waals surface area contributed by atoms with Crippen LogP contribution in [0.15, 0.2) is 0 Å². The number of hydrogen-bond acceptors (Lipinski definition) is 3. The van der Waals surface area contributed by atoms with E-state index < -0.39 is 30.7 Å². The van der Waals surface area contributed by atoms with E-state index in [0.717, 1.165) is 4.90 Å². The molecule has 1 unspecified atom stereocenters. The van der Waals surface area contributed by atoms with Crippen LogP contribution in [-0.4, -0.2) is 54.4 Å². The van der Waals surface area contributed by atoms with Crippen LogP contribution in [0, 0.1) is 0 Å². The van der Waals surface area contributed by atoms with Crippen LogP contribution in [0.1, 0.15) is 6.42 Å². The fourth-order valence-corrected chi connectivity index (χ4v) is 1.50. The summed E-state index contributed by atoms with van der Waals surface area (Å²) in [5, 5.41) is 11.8. The lowest BCUT2D eigenvalue weighted by Crippen LogP contribution is -2.48. The van der Waals surface area contributed by atoms with E-state index in [0.29, 0.717) is 0 Å². The lowest BCUT2D eigenvalue weighted by molar-refractivity contribution is -0.253. The number of rotatable bonds is 2. The Morgan fingerprint density at radius 3 is 2.60 bits per heavy atom. The number of halogens is 3. The molecule has 2 N–H and O–H groups in total. The van der Waals surface area contributed by atoms with Gasteiger partial charge in [-0.05, 0) is 7.05 Å². The predicted octanol–water partition coefficient (Wildman–Crippen LogP) is -0.269. The first kappa shape index (κ1) is 12.3. The largest absolute Gasteiger partial charge is 0.419 e. The van der Waals surface area contributed by atoms with E-state index in [1.165, 1.54) is 7.05 Å². The Bertz CT molecular complexity index is 257. The molecule has 0 aromatic carbocycles. The molecule has 15 heavy (non-hydrogen) atoms. The van der Waals surface area contributed by atoms with Gasteiger partial charge in [0, 0.05) is 13.0 Å². The lowest BCUT2D eigenvalue weighted by Gasteiger charge is -2.25. The Hall–Kier alpha value is -0.820. The van der Waals surface area contributed by atoms with Gasteiger partial charge in [-0.3, -0.25) is 4.79 Å². The highest BCUT2D eigenvalue weighted by Gasteiger charge is 2.57. The van der Waals surface area contributed by atoms with E-state index in [-0.39, 0.29) is 13.1 Å². The van der Waals surface area contributed by atoms with Crippen LogP contribution >= 0.6 is 0 Å². The van der Waals surface area contributed by atoms with Crippen molar-refractivity contribution < 1.29 is 23.1 Å². The molecule has 1 aliphatic rings. The van der Waals surface area contributed by atoms with Crippen molar-refractivity contribution in [1.29, 1.82) is 0 Å². The second-order valence-electron chi connectivity index (χ2n) is 3.62. The summed E-state index contributed by atoms with van der Waals surface area (Å²) < 4.78 is 37.1. The van der Waals surface area contributed by atoms with Gasteiger partial charge in [-0.25, -0.2) is 0 Å². The minimum absolute atomic E-state index is 0.0199. The minimum atomic E-state index is -4.68. The summed E-state index contributed by atoms with van der Waals surface area (Å²) in [6, 6.07) is 0. The number of likely N-dealkylation sites (tertiary alicyclic amines) is 1. The van der Waals surface area contributed by atoms with Gasteiger partial charge in [-0.15, -0.1) is 0 Å². The number of carbonyl (C=O) groups excluding carboxylic acids is 1. The van der Waals surface area contributed by atoms with Crippen molar-refractivity contribution in [2.75, 3.05) is 26.7 Å². The Kier molecular flexibility index (Phi) is 3.25. The Morgan fingerprint density at radius 2 is 2.20 bits per heavy atom. The Morgan fingerprint density at radius 1 is 1.60 bits per heavy atom. The van der Waals surface area contributed by atoms with Crippen molar-refractivity contribution in [2.45, 2.75) is 18.2 Å². The highest BCUT2D eigenvalue weighted by atomic mass is 19.4. The van der Waals surface area contributed by atoms with Gasteiger partial charge in [0.15, 0.2) is 5.60 Å². The molecule has 0 aliphatic carbocycles.